The van der Waals surface area contributed by atoms with Crippen molar-refractivity contribution in [1.29, 1.82) is 0 Å². The van der Waals surface area contributed by atoms with Gasteiger partial charge in [-0.3, -0.25) is 4.79 Å². The molecule has 8 heteroatoms. The van der Waals surface area contributed by atoms with Gasteiger partial charge in [0.05, 0.1) is 20.8 Å². The van der Waals surface area contributed by atoms with Crippen molar-refractivity contribution >= 4 is 45.9 Å². The molecule has 1 aromatic heterocycles. The molecule has 30 heavy (non-hydrogen) atoms. The number of aliphatic carboxylic acids is 1. The number of nitrogens with zero attached hydrogens (tertiary/aromatic N) is 2. The molecule has 1 fully saturated rings. The second-order valence-corrected chi connectivity index (χ2v) is 8.15. The fourth-order valence-electron chi connectivity index (χ4n) is 3.46. The zero-order valence-electron chi connectivity index (χ0n) is 15.8. The molecular formula is C22H18Cl2FN3O2. The molecule has 0 spiro atoms. The van der Waals surface area contributed by atoms with Crippen LogP contribution in [0.3, 0.4) is 0 Å². The molecule has 4 rings (SSSR count). The molecule has 0 aliphatic heterocycles. The number of benzene rings is 2. The van der Waals surface area contributed by atoms with E-state index in [2.05, 4.69) is 15.3 Å². The van der Waals surface area contributed by atoms with Crippen molar-refractivity contribution in [1.82, 2.24) is 9.97 Å². The number of rotatable bonds is 7. The second-order valence-electron chi connectivity index (χ2n) is 7.34. The van der Waals surface area contributed by atoms with Crippen LogP contribution in [-0.2, 0) is 4.79 Å². The van der Waals surface area contributed by atoms with Gasteiger partial charge in [0.1, 0.15) is 23.5 Å². The van der Waals surface area contributed by atoms with E-state index in [-0.39, 0.29) is 5.52 Å². The number of carboxylic acid groups (broad SMARTS) is 1. The summed E-state index contributed by atoms with van der Waals surface area (Å²) in [5.74, 6) is -0.746. The highest BCUT2D eigenvalue weighted by Crippen LogP contribution is 2.49. The Hall–Kier alpha value is -2.70. The Morgan fingerprint density at radius 3 is 2.70 bits per heavy atom. The molecule has 0 amide bonds. The van der Waals surface area contributed by atoms with Crippen LogP contribution >= 0.6 is 23.2 Å². The maximum atomic E-state index is 14.4. The molecule has 1 aliphatic carbocycles. The van der Waals surface area contributed by atoms with Gasteiger partial charge < -0.3 is 10.4 Å². The summed E-state index contributed by atoms with van der Waals surface area (Å²) in [6.45, 7) is 0. The number of hydrogen-bond acceptors (Lipinski definition) is 4. The van der Waals surface area contributed by atoms with Crippen molar-refractivity contribution < 1.29 is 14.3 Å². The Morgan fingerprint density at radius 1 is 1.20 bits per heavy atom. The first-order valence-corrected chi connectivity index (χ1v) is 10.2. The van der Waals surface area contributed by atoms with Crippen LogP contribution in [0.2, 0.25) is 10.0 Å². The van der Waals surface area contributed by atoms with Crippen LogP contribution in [0.1, 0.15) is 25.7 Å². The van der Waals surface area contributed by atoms with E-state index < -0.39 is 17.2 Å². The summed E-state index contributed by atoms with van der Waals surface area (Å²) < 4.78 is 14.4. The van der Waals surface area contributed by atoms with Crippen molar-refractivity contribution in [2.24, 2.45) is 5.41 Å². The highest BCUT2D eigenvalue weighted by atomic mass is 35.5. The number of carbonyl (C=O) groups is 1. The minimum Gasteiger partial charge on any atom is -0.481 e. The van der Waals surface area contributed by atoms with Gasteiger partial charge in [0.25, 0.3) is 0 Å². The standard InChI is InChI=1S/C22H18Cl2FN3O2/c23-15-5-3-13(11-16(15)24)14-4-6-17(25)19-18(14)20(28-12-27-19)26-10-2-1-7-22(8-9-22)21(29)30/h2-6,10-12H,1,7-9H2,(H,29,30)(H,26,27,28)/b10-2+. The van der Waals surface area contributed by atoms with E-state index in [0.29, 0.717) is 39.7 Å². The number of carboxylic acids is 1. The quantitative estimate of drug-likeness (QED) is 0.445. The predicted molar refractivity (Wildman–Crippen MR) is 116 cm³/mol. The number of fused-ring (bicyclic) bond motifs is 1. The molecule has 1 aliphatic rings. The van der Waals surface area contributed by atoms with Crippen LogP contribution in [0.4, 0.5) is 10.2 Å². The van der Waals surface area contributed by atoms with Crippen molar-refractivity contribution in [2.75, 3.05) is 5.32 Å². The van der Waals surface area contributed by atoms with E-state index in [1.54, 1.807) is 30.5 Å². The average molecular weight is 446 g/mol. The smallest absolute Gasteiger partial charge is 0.309 e. The lowest BCUT2D eigenvalue weighted by Crippen LogP contribution is -2.13. The molecule has 154 valence electrons. The lowest BCUT2D eigenvalue weighted by Gasteiger charge is -2.12. The molecular weight excluding hydrogens is 428 g/mol. The largest absolute Gasteiger partial charge is 0.481 e. The van der Waals surface area contributed by atoms with Crippen LogP contribution in [0.15, 0.2) is 48.9 Å². The van der Waals surface area contributed by atoms with E-state index in [1.165, 1.54) is 12.4 Å². The van der Waals surface area contributed by atoms with Crippen molar-refractivity contribution in [2.45, 2.75) is 25.7 Å². The van der Waals surface area contributed by atoms with Crippen molar-refractivity contribution in [3.05, 3.63) is 64.8 Å². The number of nitrogens with one attached hydrogen (secondary N) is 1. The van der Waals surface area contributed by atoms with Gasteiger partial charge in [-0.05, 0) is 61.2 Å². The topological polar surface area (TPSA) is 75.1 Å². The zero-order valence-corrected chi connectivity index (χ0v) is 17.3. The van der Waals surface area contributed by atoms with Gasteiger partial charge in [-0.25, -0.2) is 14.4 Å². The first-order valence-electron chi connectivity index (χ1n) is 9.45. The van der Waals surface area contributed by atoms with Crippen LogP contribution < -0.4 is 5.32 Å². The van der Waals surface area contributed by atoms with Gasteiger partial charge in [0, 0.05) is 0 Å². The minimum absolute atomic E-state index is 0.187. The Bertz CT molecular complexity index is 1160. The van der Waals surface area contributed by atoms with Crippen LogP contribution in [0, 0.1) is 11.2 Å². The van der Waals surface area contributed by atoms with Gasteiger partial charge in [0.2, 0.25) is 0 Å². The third-order valence-corrected chi connectivity index (χ3v) is 6.14. The Kier molecular flexibility index (Phi) is 5.62. The first-order chi connectivity index (χ1) is 14.4. The Morgan fingerprint density at radius 2 is 2.00 bits per heavy atom. The summed E-state index contributed by atoms with van der Waals surface area (Å²) in [6, 6.07) is 8.20. The minimum atomic E-state index is -0.729. The maximum absolute atomic E-state index is 14.4. The molecule has 1 saturated carbocycles. The predicted octanol–water partition coefficient (Wildman–Crippen LogP) is 6.31. The van der Waals surface area contributed by atoms with Crippen LogP contribution in [0.25, 0.3) is 22.0 Å². The van der Waals surface area contributed by atoms with Crippen LogP contribution in [0.5, 0.6) is 0 Å². The molecule has 2 N–H and O–H groups in total. The zero-order chi connectivity index (χ0) is 21.3. The van der Waals surface area contributed by atoms with E-state index in [4.69, 9.17) is 23.2 Å². The number of allylic oxidation sites excluding steroid dienone is 1. The maximum Gasteiger partial charge on any atom is 0.309 e. The van der Waals surface area contributed by atoms with Crippen molar-refractivity contribution in [3.63, 3.8) is 0 Å². The van der Waals surface area contributed by atoms with E-state index >= 15 is 0 Å². The number of halogens is 3. The third kappa shape index (κ3) is 3.98. The first kappa shape index (κ1) is 20.6. The van der Waals surface area contributed by atoms with Gasteiger partial charge in [-0.1, -0.05) is 41.4 Å². The van der Waals surface area contributed by atoms with Crippen molar-refractivity contribution in [3.8, 4) is 11.1 Å². The van der Waals surface area contributed by atoms with E-state index in [9.17, 15) is 14.3 Å². The lowest BCUT2D eigenvalue weighted by molar-refractivity contribution is -0.143. The molecule has 0 saturated heterocycles. The second kappa shape index (κ2) is 8.20. The summed E-state index contributed by atoms with van der Waals surface area (Å²) in [5, 5.41) is 13.7. The highest BCUT2D eigenvalue weighted by Gasteiger charge is 2.49. The molecule has 1 heterocycles. The molecule has 5 nitrogen and oxygen atoms in total. The van der Waals surface area contributed by atoms with Gasteiger partial charge in [-0.15, -0.1) is 0 Å². The summed E-state index contributed by atoms with van der Waals surface area (Å²) in [7, 11) is 0. The van der Waals surface area contributed by atoms with Gasteiger partial charge >= 0.3 is 5.97 Å². The van der Waals surface area contributed by atoms with Gasteiger partial charge in [-0.2, -0.15) is 0 Å². The molecule has 0 unspecified atom stereocenters. The fraction of sp³-hybridized carbons (Fsp3) is 0.227. The molecule has 0 radical (unpaired) electrons. The van der Waals surface area contributed by atoms with Gasteiger partial charge in [0.15, 0.2) is 0 Å². The molecule has 3 aromatic rings. The Balaban J connectivity index is 1.63. The lowest BCUT2D eigenvalue weighted by atomic mass is 10.0. The number of anilines is 1. The number of aromatic nitrogens is 2. The van der Waals surface area contributed by atoms with E-state index in [1.807, 2.05) is 6.08 Å². The SMILES string of the molecule is O=C(O)C1(CC/C=C/Nc2ncnc3c(F)ccc(-c4ccc(Cl)c(Cl)c4)c23)CC1. The molecule has 2 aromatic carbocycles. The average Bonchev–Trinajstić information content (AvgIpc) is 3.52. The summed E-state index contributed by atoms with van der Waals surface area (Å²) >= 11 is 12.2. The molecule has 0 atom stereocenters. The van der Waals surface area contributed by atoms with E-state index in [0.717, 1.165) is 18.4 Å². The molecule has 0 bridgehead atoms. The number of hydrogen-bond donors (Lipinski definition) is 2. The summed E-state index contributed by atoms with van der Waals surface area (Å²) in [4.78, 5) is 19.6. The van der Waals surface area contributed by atoms with Crippen LogP contribution in [-0.4, -0.2) is 21.0 Å². The third-order valence-electron chi connectivity index (χ3n) is 5.40. The highest BCUT2D eigenvalue weighted by molar-refractivity contribution is 6.42. The summed E-state index contributed by atoms with van der Waals surface area (Å²) in [6.07, 6.45) is 7.52. The Labute approximate surface area is 182 Å². The fourth-order valence-corrected chi connectivity index (χ4v) is 3.75. The normalized spacial score (nSPS) is 14.9. The summed E-state index contributed by atoms with van der Waals surface area (Å²) in [5.41, 5.74) is 1.10. The monoisotopic (exact) mass is 445 g/mol.